The summed E-state index contributed by atoms with van der Waals surface area (Å²) >= 11 is 0. The molecule has 2 aromatic rings. The molecule has 2 nitrogen and oxygen atoms in total. The van der Waals surface area contributed by atoms with Crippen molar-refractivity contribution >= 4 is 0 Å². The van der Waals surface area contributed by atoms with Crippen LogP contribution in [-0.4, -0.2) is 4.98 Å². The standard InChI is InChI=1S/C11H11NO/c1-8-4-3-5-9(2)10(8)11-12-6-7-13-11/h3-7H,1-2H3. The maximum Gasteiger partial charge on any atom is 0.226 e. The highest BCUT2D eigenvalue weighted by Crippen LogP contribution is 2.24. The van der Waals surface area contributed by atoms with Crippen molar-refractivity contribution in [1.82, 2.24) is 4.98 Å². The Hall–Kier alpha value is -1.57. The topological polar surface area (TPSA) is 26.0 Å². The lowest BCUT2D eigenvalue weighted by atomic mass is 10.0. The quantitative estimate of drug-likeness (QED) is 0.662. The number of rotatable bonds is 1. The number of aromatic nitrogens is 1. The Balaban J connectivity index is 2.64. The lowest BCUT2D eigenvalue weighted by molar-refractivity contribution is 0.573. The second kappa shape index (κ2) is 3.05. The number of hydrogen-bond donors (Lipinski definition) is 0. The van der Waals surface area contributed by atoms with E-state index < -0.39 is 0 Å². The summed E-state index contributed by atoms with van der Waals surface area (Å²) in [4.78, 5) is 4.14. The van der Waals surface area contributed by atoms with Crippen LogP contribution in [0.15, 0.2) is 35.1 Å². The molecule has 1 aromatic heterocycles. The Morgan fingerprint density at radius 2 is 1.85 bits per heavy atom. The fraction of sp³-hybridized carbons (Fsp3) is 0.182. The predicted octanol–water partition coefficient (Wildman–Crippen LogP) is 2.96. The Morgan fingerprint density at radius 3 is 2.38 bits per heavy atom. The van der Waals surface area contributed by atoms with E-state index >= 15 is 0 Å². The third-order valence-electron chi connectivity index (χ3n) is 2.13. The van der Waals surface area contributed by atoms with E-state index in [1.165, 1.54) is 11.1 Å². The molecule has 0 spiro atoms. The molecule has 0 fully saturated rings. The third kappa shape index (κ3) is 1.35. The van der Waals surface area contributed by atoms with Gasteiger partial charge in [-0.2, -0.15) is 0 Å². The SMILES string of the molecule is Cc1cccc(C)c1-c1ncco1. The second-order valence-electron chi connectivity index (χ2n) is 3.10. The summed E-state index contributed by atoms with van der Waals surface area (Å²) in [6, 6.07) is 6.16. The number of benzene rings is 1. The van der Waals surface area contributed by atoms with E-state index in [1.54, 1.807) is 12.5 Å². The molecule has 0 N–H and O–H groups in total. The van der Waals surface area contributed by atoms with E-state index in [4.69, 9.17) is 4.42 Å². The summed E-state index contributed by atoms with van der Waals surface area (Å²) in [5.74, 6) is 0.704. The lowest BCUT2D eigenvalue weighted by Gasteiger charge is -2.04. The van der Waals surface area contributed by atoms with Gasteiger partial charge in [0.25, 0.3) is 0 Å². The maximum absolute atomic E-state index is 5.27. The molecule has 1 aromatic carbocycles. The molecule has 0 saturated carbocycles. The molecule has 13 heavy (non-hydrogen) atoms. The minimum absolute atomic E-state index is 0.704. The summed E-state index contributed by atoms with van der Waals surface area (Å²) in [6.07, 6.45) is 3.27. The maximum atomic E-state index is 5.27. The summed E-state index contributed by atoms with van der Waals surface area (Å²) in [7, 11) is 0. The van der Waals surface area contributed by atoms with Gasteiger partial charge < -0.3 is 4.42 Å². The van der Waals surface area contributed by atoms with Crippen LogP contribution in [0.1, 0.15) is 11.1 Å². The van der Waals surface area contributed by atoms with E-state index in [9.17, 15) is 0 Å². The van der Waals surface area contributed by atoms with Crippen LogP contribution >= 0.6 is 0 Å². The molecule has 0 unspecified atom stereocenters. The number of nitrogens with zero attached hydrogens (tertiary/aromatic N) is 1. The number of hydrogen-bond acceptors (Lipinski definition) is 2. The predicted molar refractivity (Wildman–Crippen MR) is 51.4 cm³/mol. The van der Waals surface area contributed by atoms with E-state index in [0.717, 1.165) is 5.56 Å². The molecule has 0 bridgehead atoms. The third-order valence-corrected chi connectivity index (χ3v) is 2.13. The van der Waals surface area contributed by atoms with Crippen molar-refractivity contribution in [3.05, 3.63) is 41.8 Å². The smallest absolute Gasteiger partial charge is 0.226 e. The van der Waals surface area contributed by atoms with Gasteiger partial charge in [0.05, 0.1) is 6.20 Å². The van der Waals surface area contributed by atoms with Gasteiger partial charge in [0.1, 0.15) is 6.26 Å². The number of oxazole rings is 1. The molecule has 0 atom stereocenters. The average molecular weight is 173 g/mol. The van der Waals surface area contributed by atoms with Crippen LogP contribution in [0, 0.1) is 13.8 Å². The molecule has 0 aliphatic carbocycles. The fourth-order valence-electron chi connectivity index (χ4n) is 1.50. The normalized spacial score (nSPS) is 10.3. The van der Waals surface area contributed by atoms with Gasteiger partial charge >= 0.3 is 0 Å². The fourth-order valence-corrected chi connectivity index (χ4v) is 1.50. The van der Waals surface area contributed by atoms with Gasteiger partial charge in [-0.1, -0.05) is 18.2 Å². The monoisotopic (exact) mass is 173 g/mol. The Kier molecular flexibility index (Phi) is 1.89. The molecule has 0 radical (unpaired) electrons. The molecule has 66 valence electrons. The molecule has 0 aliphatic rings. The van der Waals surface area contributed by atoms with Crippen LogP contribution in [0.3, 0.4) is 0 Å². The summed E-state index contributed by atoms with van der Waals surface area (Å²) in [5.41, 5.74) is 3.50. The van der Waals surface area contributed by atoms with Gasteiger partial charge in [0.15, 0.2) is 0 Å². The summed E-state index contributed by atoms with van der Waals surface area (Å²) in [5, 5.41) is 0. The first-order valence-corrected chi connectivity index (χ1v) is 4.25. The van der Waals surface area contributed by atoms with Gasteiger partial charge in [-0.05, 0) is 25.0 Å². The first kappa shape index (κ1) is 8.05. The summed E-state index contributed by atoms with van der Waals surface area (Å²) < 4.78 is 5.27. The Morgan fingerprint density at radius 1 is 1.15 bits per heavy atom. The highest BCUT2D eigenvalue weighted by Gasteiger charge is 2.07. The van der Waals surface area contributed by atoms with E-state index in [0.29, 0.717) is 5.89 Å². The molecule has 0 saturated heterocycles. The molecule has 0 amide bonds. The number of aryl methyl sites for hydroxylation is 2. The second-order valence-corrected chi connectivity index (χ2v) is 3.10. The zero-order valence-electron chi connectivity index (χ0n) is 7.74. The molecule has 2 heteroatoms. The molecule has 2 rings (SSSR count). The van der Waals surface area contributed by atoms with Gasteiger partial charge in [-0.25, -0.2) is 4.98 Å². The Labute approximate surface area is 77.2 Å². The van der Waals surface area contributed by atoms with Crippen molar-refractivity contribution in [2.24, 2.45) is 0 Å². The zero-order chi connectivity index (χ0) is 9.26. The van der Waals surface area contributed by atoms with E-state index in [-0.39, 0.29) is 0 Å². The highest BCUT2D eigenvalue weighted by atomic mass is 16.3. The van der Waals surface area contributed by atoms with Crippen molar-refractivity contribution < 1.29 is 4.42 Å². The van der Waals surface area contributed by atoms with Gasteiger partial charge in [-0.15, -0.1) is 0 Å². The van der Waals surface area contributed by atoms with E-state index in [1.807, 2.05) is 6.07 Å². The largest absolute Gasteiger partial charge is 0.445 e. The minimum Gasteiger partial charge on any atom is -0.445 e. The first-order valence-electron chi connectivity index (χ1n) is 4.25. The Bertz CT molecular complexity index is 384. The minimum atomic E-state index is 0.704. The van der Waals surface area contributed by atoms with Gasteiger partial charge in [0.2, 0.25) is 5.89 Å². The summed E-state index contributed by atoms with van der Waals surface area (Å²) in [6.45, 7) is 4.12. The zero-order valence-corrected chi connectivity index (χ0v) is 7.74. The van der Waals surface area contributed by atoms with Crippen molar-refractivity contribution in [2.45, 2.75) is 13.8 Å². The molecular weight excluding hydrogens is 162 g/mol. The lowest BCUT2D eigenvalue weighted by Crippen LogP contribution is -1.86. The molecule has 1 heterocycles. The average Bonchev–Trinajstić information content (AvgIpc) is 2.57. The van der Waals surface area contributed by atoms with Crippen LogP contribution in [0.5, 0.6) is 0 Å². The van der Waals surface area contributed by atoms with Crippen LogP contribution in [0.2, 0.25) is 0 Å². The highest BCUT2D eigenvalue weighted by molar-refractivity contribution is 5.62. The van der Waals surface area contributed by atoms with Crippen LogP contribution in [0.25, 0.3) is 11.5 Å². The van der Waals surface area contributed by atoms with Crippen molar-refractivity contribution in [2.75, 3.05) is 0 Å². The van der Waals surface area contributed by atoms with Crippen molar-refractivity contribution in [3.63, 3.8) is 0 Å². The van der Waals surface area contributed by atoms with Crippen LogP contribution in [-0.2, 0) is 0 Å². The van der Waals surface area contributed by atoms with E-state index in [2.05, 4.69) is 31.0 Å². The van der Waals surface area contributed by atoms with Crippen LogP contribution in [0.4, 0.5) is 0 Å². The first-order chi connectivity index (χ1) is 6.29. The van der Waals surface area contributed by atoms with Gasteiger partial charge in [0, 0.05) is 5.56 Å². The van der Waals surface area contributed by atoms with Crippen molar-refractivity contribution in [3.8, 4) is 11.5 Å². The van der Waals surface area contributed by atoms with Crippen LogP contribution < -0.4 is 0 Å². The molecule has 0 aliphatic heterocycles. The molecular formula is C11H11NO. The van der Waals surface area contributed by atoms with Gasteiger partial charge in [-0.3, -0.25) is 0 Å². The van der Waals surface area contributed by atoms with Crippen molar-refractivity contribution in [1.29, 1.82) is 0 Å².